The molecule has 1 aliphatic heterocycles. The third-order valence-electron chi connectivity index (χ3n) is 4.92. The molecule has 1 aliphatic rings. The molecule has 2 heterocycles. The summed E-state index contributed by atoms with van der Waals surface area (Å²) in [6.45, 7) is 3.55. The average Bonchev–Trinajstić information content (AvgIpc) is 2.68. The third-order valence-corrected chi connectivity index (χ3v) is 4.92. The second kappa shape index (κ2) is 8.30. The molecule has 9 heteroatoms. The summed E-state index contributed by atoms with van der Waals surface area (Å²) in [5.74, 6) is -0.108. The molecule has 3 rings (SSSR count). The number of aryl methyl sites for hydroxylation is 1. The van der Waals surface area contributed by atoms with Crippen LogP contribution < -0.4 is 10.7 Å². The number of carbonyl (C=O) groups is 1. The van der Waals surface area contributed by atoms with E-state index < -0.39 is 16.3 Å². The van der Waals surface area contributed by atoms with Crippen molar-refractivity contribution in [2.24, 2.45) is 5.92 Å². The Morgan fingerprint density at radius 1 is 1.39 bits per heavy atom. The maximum Gasteiger partial charge on any atom is 0.294 e. The van der Waals surface area contributed by atoms with E-state index in [1.165, 1.54) is 16.8 Å². The average molecular weight is 385 g/mol. The summed E-state index contributed by atoms with van der Waals surface area (Å²) in [6.07, 6.45) is 1.88. The van der Waals surface area contributed by atoms with Crippen LogP contribution in [0.15, 0.2) is 35.1 Å². The van der Waals surface area contributed by atoms with Crippen LogP contribution in [0.3, 0.4) is 0 Å². The van der Waals surface area contributed by atoms with E-state index in [1.54, 1.807) is 30.0 Å². The number of nitrogens with one attached hydrogen (secondary N) is 1. The highest BCUT2D eigenvalue weighted by Gasteiger charge is 2.27. The first kappa shape index (κ1) is 19.7. The van der Waals surface area contributed by atoms with Crippen LogP contribution in [0.5, 0.6) is 0 Å². The van der Waals surface area contributed by atoms with Gasteiger partial charge in [0.15, 0.2) is 5.69 Å². The van der Waals surface area contributed by atoms with Crippen molar-refractivity contribution in [2.45, 2.75) is 19.8 Å². The number of rotatable bonds is 5. The molecule has 28 heavy (non-hydrogen) atoms. The zero-order chi connectivity index (χ0) is 20.3. The number of aromatic nitrogens is 2. The Labute approximate surface area is 162 Å². The standard InChI is InChI=1S/C19H23N5O4/c1-13-10-17(25)18(19(26)22-9-5-6-14(12-22)11-20-2)21-23(13)15-7-3-4-8-16(15)24(27)28/h3-4,7-8,10,14,20H,5-6,9,11-12H2,1-2H3. The summed E-state index contributed by atoms with van der Waals surface area (Å²) < 4.78 is 1.29. The fraction of sp³-hybridized carbons (Fsp3) is 0.421. The van der Waals surface area contributed by atoms with Gasteiger partial charge in [-0.25, -0.2) is 4.68 Å². The van der Waals surface area contributed by atoms with Crippen molar-refractivity contribution < 1.29 is 9.72 Å². The lowest BCUT2D eigenvalue weighted by Gasteiger charge is -2.32. The van der Waals surface area contributed by atoms with Gasteiger partial charge < -0.3 is 10.2 Å². The zero-order valence-electron chi connectivity index (χ0n) is 15.9. The smallest absolute Gasteiger partial charge is 0.294 e. The van der Waals surface area contributed by atoms with Gasteiger partial charge in [-0.05, 0) is 45.3 Å². The molecule has 1 amide bonds. The molecule has 1 N–H and O–H groups in total. The fourth-order valence-corrected chi connectivity index (χ4v) is 3.59. The van der Waals surface area contributed by atoms with E-state index in [-0.39, 0.29) is 17.1 Å². The summed E-state index contributed by atoms with van der Waals surface area (Å²) in [7, 11) is 1.87. The number of nitrogens with zero attached hydrogens (tertiary/aromatic N) is 4. The normalized spacial score (nSPS) is 16.8. The van der Waals surface area contributed by atoms with Gasteiger partial charge in [-0.15, -0.1) is 0 Å². The number of nitro benzene ring substituents is 1. The number of amides is 1. The van der Waals surface area contributed by atoms with Crippen molar-refractivity contribution in [2.75, 3.05) is 26.7 Å². The molecular formula is C19H23N5O4. The second-order valence-corrected chi connectivity index (χ2v) is 6.97. The van der Waals surface area contributed by atoms with Gasteiger partial charge in [-0.1, -0.05) is 12.1 Å². The summed E-state index contributed by atoms with van der Waals surface area (Å²) in [5, 5.41) is 18.7. The maximum atomic E-state index is 13.0. The number of likely N-dealkylation sites (tertiary alicyclic amines) is 1. The van der Waals surface area contributed by atoms with Crippen molar-refractivity contribution in [3.8, 4) is 5.69 Å². The number of nitro groups is 1. The van der Waals surface area contributed by atoms with Gasteiger partial charge in [0.25, 0.3) is 11.6 Å². The highest BCUT2D eigenvalue weighted by Crippen LogP contribution is 2.23. The van der Waals surface area contributed by atoms with Crippen LogP contribution in [0.1, 0.15) is 29.0 Å². The number of hydrogen-bond donors (Lipinski definition) is 1. The molecule has 148 valence electrons. The largest absolute Gasteiger partial charge is 0.337 e. The predicted molar refractivity (Wildman–Crippen MR) is 104 cm³/mol. The molecule has 0 saturated carbocycles. The molecule has 1 fully saturated rings. The number of carbonyl (C=O) groups excluding carboxylic acids is 1. The number of benzene rings is 1. The lowest BCUT2D eigenvalue weighted by atomic mass is 9.98. The molecule has 0 aliphatic carbocycles. The minimum absolute atomic E-state index is 0.146. The van der Waals surface area contributed by atoms with E-state index in [0.29, 0.717) is 24.7 Å². The molecule has 0 radical (unpaired) electrons. The quantitative estimate of drug-likeness (QED) is 0.617. The fourth-order valence-electron chi connectivity index (χ4n) is 3.59. The van der Waals surface area contributed by atoms with Crippen molar-refractivity contribution >= 4 is 11.6 Å². The summed E-state index contributed by atoms with van der Waals surface area (Å²) >= 11 is 0. The predicted octanol–water partition coefficient (Wildman–Crippen LogP) is 1.52. The van der Waals surface area contributed by atoms with Gasteiger partial charge >= 0.3 is 0 Å². The van der Waals surface area contributed by atoms with Crippen LogP contribution in [0.4, 0.5) is 5.69 Å². The molecule has 9 nitrogen and oxygen atoms in total. The molecule has 1 saturated heterocycles. The molecule has 1 aromatic carbocycles. The summed E-state index contributed by atoms with van der Waals surface area (Å²) in [4.78, 5) is 37.9. The highest BCUT2D eigenvalue weighted by atomic mass is 16.6. The molecular weight excluding hydrogens is 362 g/mol. The van der Waals surface area contributed by atoms with Crippen LogP contribution in [0, 0.1) is 23.0 Å². The Balaban J connectivity index is 2.00. The molecule has 1 atom stereocenters. The first-order valence-electron chi connectivity index (χ1n) is 9.21. The minimum atomic E-state index is -0.511. The second-order valence-electron chi connectivity index (χ2n) is 6.97. The van der Waals surface area contributed by atoms with Crippen LogP contribution in [-0.2, 0) is 0 Å². The minimum Gasteiger partial charge on any atom is -0.337 e. The SMILES string of the molecule is CNCC1CCCN(C(=O)c2nn(-c3ccccc3[N+](=O)[O-])c(C)cc2=O)C1. The Kier molecular flexibility index (Phi) is 5.84. The molecule has 0 spiro atoms. The van der Waals surface area contributed by atoms with Gasteiger partial charge in [-0.3, -0.25) is 19.7 Å². The van der Waals surface area contributed by atoms with Crippen LogP contribution in [-0.4, -0.2) is 52.2 Å². The van der Waals surface area contributed by atoms with Gasteiger partial charge in [0, 0.05) is 30.9 Å². The monoisotopic (exact) mass is 385 g/mol. The summed E-state index contributed by atoms with van der Waals surface area (Å²) in [6, 6.07) is 7.41. The molecule has 2 aromatic rings. The van der Waals surface area contributed by atoms with E-state index >= 15 is 0 Å². The van der Waals surface area contributed by atoms with Gasteiger partial charge in [0.2, 0.25) is 5.43 Å². The first-order chi connectivity index (χ1) is 13.4. The van der Waals surface area contributed by atoms with Gasteiger partial charge in [0.1, 0.15) is 5.69 Å². The third kappa shape index (κ3) is 3.94. The zero-order valence-corrected chi connectivity index (χ0v) is 15.9. The summed E-state index contributed by atoms with van der Waals surface area (Å²) in [5.41, 5.74) is -0.206. The molecule has 0 bridgehead atoms. The molecule has 1 unspecified atom stereocenters. The van der Waals surface area contributed by atoms with Crippen molar-refractivity contribution in [1.29, 1.82) is 0 Å². The van der Waals surface area contributed by atoms with E-state index in [1.807, 2.05) is 7.05 Å². The Morgan fingerprint density at radius 3 is 2.86 bits per heavy atom. The van der Waals surface area contributed by atoms with E-state index in [0.717, 1.165) is 19.4 Å². The van der Waals surface area contributed by atoms with Gasteiger partial charge in [-0.2, -0.15) is 5.10 Å². The van der Waals surface area contributed by atoms with Crippen LogP contribution in [0.2, 0.25) is 0 Å². The van der Waals surface area contributed by atoms with Crippen LogP contribution in [0.25, 0.3) is 5.69 Å². The first-order valence-corrected chi connectivity index (χ1v) is 9.21. The van der Waals surface area contributed by atoms with E-state index in [9.17, 15) is 19.7 Å². The number of hydrogen-bond acceptors (Lipinski definition) is 6. The van der Waals surface area contributed by atoms with E-state index in [4.69, 9.17) is 0 Å². The Bertz CT molecular complexity index is 954. The topological polar surface area (TPSA) is 110 Å². The van der Waals surface area contributed by atoms with Crippen molar-refractivity contribution in [3.63, 3.8) is 0 Å². The molecule has 1 aromatic heterocycles. The Morgan fingerprint density at radius 2 is 2.14 bits per heavy atom. The number of piperidine rings is 1. The van der Waals surface area contributed by atoms with Gasteiger partial charge in [0.05, 0.1) is 4.92 Å². The van der Waals surface area contributed by atoms with Crippen LogP contribution >= 0.6 is 0 Å². The van der Waals surface area contributed by atoms with E-state index in [2.05, 4.69) is 10.4 Å². The number of para-hydroxylation sites is 2. The lowest BCUT2D eigenvalue weighted by Crippen LogP contribution is -2.44. The van der Waals surface area contributed by atoms with Crippen molar-refractivity contribution in [1.82, 2.24) is 20.0 Å². The van der Waals surface area contributed by atoms with Crippen molar-refractivity contribution in [3.05, 3.63) is 62.1 Å². The lowest BCUT2D eigenvalue weighted by molar-refractivity contribution is -0.384. The maximum absolute atomic E-state index is 13.0. The Hall–Kier alpha value is -3.07. The highest BCUT2D eigenvalue weighted by molar-refractivity contribution is 5.92.